The summed E-state index contributed by atoms with van der Waals surface area (Å²) in [5.74, 6) is 0. The van der Waals surface area contributed by atoms with Gasteiger partial charge in [-0.25, -0.2) is 0 Å². The third kappa shape index (κ3) is 4.08. The first-order chi connectivity index (χ1) is 7.44. The van der Waals surface area contributed by atoms with Crippen LogP contribution in [0.3, 0.4) is 0 Å². The van der Waals surface area contributed by atoms with E-state index in [1.165, 1.54) is 5.56 Å². The molecule has 2 unspecified atom stereocenters. The Morgan fingerprint density at radius 2 is 1.75 bits per heavy atom. The normalized spacial score (nSPS) is 15.8. The van der Waals surface area contributed by atoms with Gasteiger partial charge in [-0.2, -0.15) is 0 Å². The Morgan fingerprint density at radius 1 is 1.19 bits per heavy atom. The summed E-state index contributed by atoms with van der Waals surface area (Å²) in [6.45, 7) is 8.70. The van der Waals surface area contributed by atoms with Crippen LogP contribution in [0.15, 0.2) is 30.3 Å². The average molecular weight is 237 g/mol. The standard InChI is InChI=1S/C13H23NOSi/c1-5-12(14)13(15-16(2,3)4)11-9-7-6-8-10-11/h6-10,12-13H,5,14H2,1-4H3. The molecule has 0 saturated carbocycles. The van der Waals surface area contributed by atoms with E-state index in [-0.39, 0.29) is 12.1 Å². The first-order valence-electron chi connectivity index (χ1n) is 5.92. The minimum absolute atomic E-state index is 0.0397. The minimum Gasteiger partial charge on any atom is -0.409 e. The molecule has 1 aromatic carbocycles. The Bertz CT molecular complexity index is 307. The summed E-state index contributed by atoms with van der Waals surface area (Å²) in [4.78, 5) is 0. The molecule has 0 aromatic heterocycles. The summed E-state index contributed by atoms with van der Waals surface area (Å²) in [6, 6.07) is 10.4. The highest BCUT2D eigenvalue weighted by molar-refractivity contribution is 6.69. The van der Waals surface area contributed by atoms with Crippen molar-refractivity contribution in [2.75, 3.05) is 0 Å². The molecule has 2 atom stereocenters. The number of hydrogen-bond acceptors (Lipinski definition) is 2. The second-order valence-corrected chi connectivity index (χ2v) is 9.59. The molecule has 1 aromatic rings. The number of benzene rings is 1. The lowest BCUT2D eigenvalue weighted by Crippen LogP contribution is -2.37. The van der Waals surface area contributed by atoms with Crippen LogP contribution in [0, 0.1) is 0 Å². The molecule has 0 saturated heterocycles. The van der Waals surface area contributed by atoms with Gasteiger partial charge in [-0.15, -0.1) is 0 Å². The molecule has 0 aliphatic heterocycles. The lowest BCUT2D eigenvalue weighted by atomic mass is 10.0. The lowest BCUT2D eigenvalue weighted by Gasteiger charge is -2.30. The summed E-state index contributed by atoms with van der Waals surface area (Å²) in [5.41, 5.74) is 7.35. The topological polar surface area (TPSA) is 35.2 Å². The van der Waals surface area contributed by atoms with Crippen LogP contribution in [0.4, 0.5) is 0 Å². The van der Waals surface area contributed by atoms with Crippen molar-refractivity contribution in [3.8, 4) is 0 Å². The van der Waals surface area contributed by atoms with Crippen molar-refractivity contribution < 1.29 is 4.43 Å². The number of nitrogens with two attached hydrogens (primary N) is 1. The predicted molar refractivity (Wildman–Crippen MR) is 71.9 cm³/mol. The molecule has 2 N–H and O–H groups in total. The SMILES string of the molecule is CCC(N)C(O[Si](C)(C)C)c1ccccc1. The molecule has 3 heteroatoms. The molecule has 0 aliphatic rings. The van der Waals surface area contributed by atoms with E-state index in [9.17, 15) is 0 Å². The Balaban J connectivity index is 2.88. The van der Waals surface area contributed by atoms with Gasteiger partial charge in [-0.05, 0) is 31.6 Å². The Morgan fingerprint density at radius 3 is 2.19 bits per heavy atom. The highest BCUT2D eigenvalue weighted by atomic mass is 28.4. The molecule has 0 fully saturated rings. The molecule has 90 valence electrons. The largest absolute Gasteiger partial charge is 0.409 e. The number of hydrogen-bond donors (Lipinski definition) is 1. The summed E-state index contributed by atoms with van der Waals surface area (Å²) in [6.07, 6.45) is 0.974. The molecular weight excluding hydrogens is 214 g/mol. The quantitative estimate of drug-likeness (QED) is 0.797. The Labute approximate surface area is 99.9 Å². The fraction of sp³-hybridized carbons (Fsp3) is 0.538. The van der Waals surface area contributed by atoms with E-state index in [1.54, 1.807) is 0 Å². The molecule has 0 spiro atoms. The van der Waals surface area contributed by atoms with Crippen LogP contribution < -0.4 is 5.73 Å². The number of rotatable bonds is 5. The van der Waals surface area contributed by atoms with E-state index in [4.69, 9.17) is 10.2 Å². The van der Waals surface area contributed by atoms with Gasteiger partial charge in [0.15, 0.2) is 8.32 Å². The van der Waals surface area contributed by atoms with E-state index in [1.807, 2.05) is 18.2 Å². The van der Waals surface area contributed by atoms with Crippen molar-refractivity contribution in [1.82, 2.24) is 0 Å². The Kier molecular flexibility index (Phi) is 4.71. The molecule has 2 nitrogen and oxygen atoms in total. The molecule has 0 amide bonds. The highest BCUT2D eigenvalue weighted by Gasteiger charge is 2.26. The molecule has 0 aliphatic carbocycles. The first-order valence-corrected chi connectivity index (χ1v) is 9.33. The summed E-state index contributed by atoms with van der Waals surface area (Å²) in [5, 5.41) is 0. The van der Waals surface area contributed by atoms with Crippen molar-refractivity contribution in [3.05, 3.63) is 35.9 Å². The maximum absolute atomic E-state index is 6.19. The van der Waals surface area contributed by atoms with Crippen molar-refractivity contribution in [1.29, 1.82) is 0 Å². The molecule has 1 rings (SSSR count). The smallest absolute Gasteiger partial charge is 0.184 e. The van der Waals surface area contributed by atoms with Gasteiger partial charge in [0.1, 0.15) is 0 Å². The maximum Gasteiger partial charge on any atom is 0.184 e. The Hall–Kier alpha value is -0.643. The minimum atomic E-state index is -1.56. The average Bonchev–Trinajstić information content (AvgIpc) is 2.25. The zero-order chi connectivity index (χ0) is 12.2. The molecular formula is C13H23NOSi. The third-order valence-electron chi connectivity index (χ3n) is 2.47. The van der Waals surface area contributed by atoms with E-state index in [0.717, 1.165) is 6.42 Å². The van der Waals surface area contributed by atoms with E-state index in [0.29, 0.717) is 0 Å². The summed E-state index contributed by atoms with van der Waals surface area (Å²) >= 11 is 0. The van der Waals surface area contributed by atoms with Crippen LogP contribution in [-0.2, 0) is 4.43 Å². The molecule has 16 heavy (non-hydrogen) atoms. The van der Waals surface area contributed by atoms with Crippen molar-refractivity contribution in [2.24, 2.45) is 5.73 Å². The fourth-order valence-corrected chi connectivity index (χ4v) is 2.71. The van der Waals surface area contributed by atoms with Gasteiger partial charge in [-0.1, -0.05) is 37.3 Å². The first kappa shape index (κ1) is 13.4. The summed E-state index contributed by atoms with van der Waals surface area (Å²) in [7, 11) is -1.56. The lowest BCUT2D eigenvalue weighted by molar-refractivity contribution is 0.163. The van der Waals surface area contributed by atoms with Crippen LogP contribution in [0.5, 0.6) is 0 Å². The molecule has 0 radical (unpaired) electrons. The maximum atomic E-state index is 6.19. The predicted octanol–water partition coefficient (Wildman–Crippen LogP) is 3.32. The van der Waals surface area contributed by atoms with Crippen molar-refractivity contribution >= 4 is 8.32 Å². The van der Waals surface area contributed by atoms with Gasteiger partial charge in [0.2, 0.25) is 0 Å². The van der Waals surface area contributed by atoms with Crippen molar-refractivity contribution in [2.45, 2.75) is 45.1 Å². The van der Waals surface area contributed by atoms with E-state index in [2.05, 4.69) is 38.7 Å². The van der Waals surface area contributed by atoms with E-state index < -0.39 is 8.32 Å². The van der Waals surface area contributed by atoms with Crippen molar-refractivity contribution in [3.63, 3.8) is 0 Å². The third-order valence-corrected chi connectivity index (χ3v) is 3.43. The van der Waals surface area contributed by atoms with Gasteiger partial charge in [0, 0.05) is 6.04 Å². The van der Waals surface area contributed by atoms with Crippen LogP contribution in [-0.4, -0.2) is 14.4 Å². The fourth-order valence-electron chi connectivity index (χ4n) is 1.64. The zero-order valence-corrected chi connectivity index (χ0v) is 11.7. The van der Waals surface area contributed by atoms with Gasteiger partial charge in [0.05, 0.1) is 6.10 Å². The van der Waals surface area contributed by atoms with Gasteiger partial charge < -0.3 is 10.2 Å². The highest BCUT2D eigenvalue weighted by Crippen LogP contribution is 2.25. The second kappa shape index (κ2) is 5.62. The van der Waals surface area contributed by atoms with Crippen LogP contribution >= 0.6 is 0 Å². The van der Waals surface area contributed by atoms with Gasteiger partial charge in [0.25, 0.3) is 0 Å². The monoisotopic (exact) mass is 237 g/mol. The molecule has 0 heterocycles. The van der Waals surface area contributed by atoms with Gasteiger partial charge in [-0.3, -0.25) is 0 Å². The summed E-state index contributed by atoms with van der Waals surface area (Å²) < 4.78 is 6.19. The van der Waals surface area contributed by atoms with Crippen LogP contribution in [0.2, 0.25) is 19.6 Å². The van der Waals surface area contributed by atoms with Crippen LogP contribution in [0.1, 0.15) is 25.0 Å². The van der Waals surface area contributed by atoms with Gasteiger partial charge >= 0.3 is 0 Å². The molecule has 0 bridgehead atoms. The zero-order valence-electron chi connectivity index (χ0n) is 10.7. The van der Waals surface area contributed by atoms with Crippen LogP contribution in [0.25, 0.3) is 0 Å². The van der Waals surface area contributed by atoms with E-state index >= 15 is 0 Å². The second-order valence-electron chi connectivity index (χ2n) is 5.13.